The summed E-state index contributed by atoms with van der Waals surface area (Å²) in [6.07, 6.45) is 6.66. The first-order chi connectivity index (χ1) is 14.7. The average molecular weight is 413 g/mol. The van der Waals surface area contributed by atoms with Crippen LogP contribution in [-0.4, -0.2) is 43.7 Å². The van der Waals surface area contributed by atoms with Gasteiger partial charge in [0.2, 0.25) is 0 Å². The van der Waals surface area contributed by atoms with Gasteiger partial charge in [0.25, 0.3) is 0 Å². The fourth-order valence-electron chi connectivity index (χ4n) is 3.15. The SMILES string of the molecule is COc1ccc(COC[C@@H]2O[C@@H]2C/C=C\CC[C@@H](O)COCc2ccccc2)cc1. The molecule has 5 nitrogen and oxygen atoms in total. The highest BCUT2D eigenvalue weighted by Crippen LogP contribution is 2.26. The first kappa shape index (κ1) is 22.5. The molecule has 1 aliphatic heterocycles. The monoisotopic (exact) mass is 412 g/mol. The maximum Gasteiger partial charge on any atom is 0.118 e. The van der Waals surface area contributed by atoms with Crippen molar-refractivity contribution in [2.75, 3.05) is 20.3 Å². The lowest BCUT2D eigenvalue weighted by molar-refractivity contribution is 0.0250. The zero-order valence-electron chi connectivity index (χ0n) is 17.6. The van der Waals surface area contributed by atoms with Gasteiger partial charge in [-0.05, 0) is 42.5 Å². The van der Waals surface area contributed by atoms with Crippen LogP contribution in [-0.2, 0) is 27.4 Å². The van der Waals surface area contributed by atoms with Crippen molar-refractivity contribution in [2.45, 2.75) is 50.8 Å². The molecule has 2 aromatic rings. The molecule has 0 unspecified atom stereocenters. The minimum atomic E-state index is -0.436. The second kappa shape index (κ2) is 12.5. The predicted octanol–water partition coefficient (Wildman–Crippen LogP) is 4.28. The number of ether oxygens (including phenoxy) is 4. The van der Waals surface area contributed by atoms with Crippen LogP contribution in [0.2, 0.25) is 0 Å². The van der Waals surface area contributed by atoms with Gasteiger partial charge in [0.15, 0.2) is 0 Å². The van der Waals surface area contributed by atoms with Crippen LogP contribution in [0.25, 0.3) is 0 Å². The lowest BCUT2D eigenvalue weighted by Crippen LogP contribution is -2.14. The highest BCUT2D eigenvalue weighted by Gasteiger charge is 2.37. The molecule has 30 heavy (non-hydrogen) atoms. The molecular formula is C25H32O5. The van der Waals surface area contributed by atoms with Crippen LogP contribution >= 0.6 is 0 Å². The van der Waals surface area contributed by atoms with E-state index < -0.39 is 6.10 Å². The molecule has 0 radical (unpaired) electrons. The Balaban J connectivity index is 1.18. The summed E-state index contributed by atoms with van der Waals surface area (Å²) >= 11 is 0. The highest BCUT2D eigenvalue weighted by molar-refractivity contribution is 5.26. The molecule has 0 amide bonds. The first-order valence-corrected chi connectivity index (χ1v) is 10.6. The number of aliphatic hydroxyl groups is 1. The fourth-order valence-corrected chi connectivity index (χ4v) is 3.15. The molecule has 2 aromatic carbocycles. The van der Waals surface area contributed by atoms with Gasteiger partial charge in [-0.3, -0.25) is 0 Å². The van der Waals surface area contributed by atoms with Gasteiger partial charge in [0.1, 0.15) is 11.9 Å². The second-order valence-corrected chi connectivity index (χ2v) is 7.52. The average Bonchev–Trinajstić information content (AvgIpc) is 3.53. The molecule has 0 saturated carbocycles. The van der Waals surface area contributed by atoms with E-state index in [-0.39, 0.29) is 12.2 Å². The normalized spacial score (nSPS) is 19.1. The molecular weight excluding hydrogens is 380 g/mol. The van der Waals surface area contributed by atoms with E-state index >= 15 is 0 Å². The Bertz CT molecular complexity index is 744. The van der Waals surface area contributed by atoms with Gasteiger partial charge in [-0.1, -0.05) is 54.6 Å². The number of hydrogen-bond donors (Lipinski definition) is 1. The van der Waals surface area contributed by atoms with Crippen LogP contribution in [0.1, 0.15) is 30.4 Å². The summed E-state index contributed by atoms with van der Waals surface area (Å²) < 4.78 is 22.1. The summed E-state index contributed by atoms with van der Waals surface area (Å²) in [5, 5.41) is 10.0. The Morgan fingerprint density at radius 3 is 2.43 bits per heavy atom. The van der Waals surface area contributed by atoms with Gasteiger partial charge < -0.3 is 24.1 Å². The first-order valence-electron chi connectivity index (χ1n) is 10.6. The number of benzene rings is 2. The van der Waals surface area contributed by atoms with Crippen molar-refractivity contribution < 1.29 is 24.1 Å². The Hall–Kier alpha value is -2.18. The molecule has 0 spiro atoms. The highest BCUT2D eigenvalue weighted by atomic mass is 16.6. The second-order valence-electron chi connectivity index (χ2n) is 7.52. The van der Waals surface area contributed by atoms with E-state index in [0.29, 0.717) is 32.8 Å². The Labute approximate surface area is 179 Å². The van der Waals surface area contributed by atoms with Crippen molar-refractivity contribution in [1.82, 2.24) is 0 Å². The third-order valence-corrected chi connectivity index (χ3v) is 5.02. The fraction of sp³-hybridized carbons (Fsp3) is 0.440. The summed E-state index contributed by atoms with van der Waals surface area (Å²) in [4.78, 5) is 0. The minimum Gasteiger partial charge on any atom is -0.497 e. The lowest BCUT2D eigenvalue weighted by Gasteiger charge is -2.10. The van der Waals surface area contributed by atoms with Crippen molar-refractivity contribution in [3.05, 3.63) is 77.9 Å². The third-order valence-electron chi connectivity index (χ3n) is 5.02. The van der Waals surface area contributed by atoms with Crippen LogP contribution < -0.4 is 4.74 Å². The number of epoxide rings is 1. The predicted molar refractivity (Wildman–Crippen MR) is 116 cm³/mol. The van der Waals surface area contributed by atoms with Gasteiger partial charge in [-0.15, -0.1) is 0 Å². The largest absolute Gasteiger partial charge is 0.497 e. The summed E-state index contributed by atoms with van der Waals surface area (Å²) in [5.41, 5.74) is 2.25. The van der Waals surface area contributed by atoms with E-state index in [4.69, 9.17) is 18.9 Å². The molecule has 5 heteroatoms. The molecule has 162 valence electrons. The molecule has 1 N–H and O–H groups in total. The number of hydrogen-bond acceptors (Lipinski definition) is 5. The Kier molecular flexibility index (Phi) is 9.38. The van der Waals surface area contributed by atoms with Crippen molar-refractivity contribution in [3.8, 4) is 5.75 Å². The molecule has 1 aliphatic rings. The van der Waals surface area contributed by atoms with Gasteiger partial charge in [-0.2, -0.15) is 0 Å². The van der Waals surface area contributed by atoms with Crippen molar-refractivity contribution in [2.24, 2.45) is 0 Å². The zero-order chi connectivity index (χ0) is 21.0. The maximum atomic E-state index is 10.0. The quantitative estimate of drug-likeness (QED) is 0.371. The minimum absolute atomic E-state index is 0.185. The van der Waals surface area contributed by atoms with Gasteiger partial charge in [-0.25, -0.2) is 0 Å². The van der Waals surface area contributed by atoms with Crippen molar-refractivity contribution in [1.29, 1.82) is 0 Å². The van der Waals surface area contributed by atoms with Crippen LogP contribution in [0, 0.1) is 0 Å². The number of methoxy groups -OCH3 is 1. The number of rotatable bonds is 14. The summed E-state index contributed by atoms with van der Waals surface area (Å²) in [7, 11) is 1.66. The Morgan fingerprint density at radius 1 is 0.933 bits per heavy atom. The van der Waals surface area contributed by atoms with Crippen molar-refractivity contribution in [3.63, 3.8) is 0 Å². The van der Waals surface area contributed by atoms with E-state index in [1.54, 1.807) is 7.11 Å². The molecule has 3 rings (SSSR count). The molecule has 1 saturated heterocycles. The topological polar surface area (TPSA) is 60.5 Å². The van der Waals surface area contributed by atoms with Crippen LogP contribution in [0.3, 0.4) is 0 Å². The van der Waals surface area contributed by atoms with E-state index in [0.717, 1.165) is 29.7 Å². The molecule has 0 bridgehead atoms. The number of allylic oxidation sites excluding steroid dienone is 1. The van der Waals surface area contributed by atoms with Gasteiger partial charge >= 0.3 is 0 Å². The van der Waals surface area contributed by atoms with Gasteiger partial charge in [0.05, 0.1) is 45.7 Å². The van der Waals surface area contributed by atoms with Crippen LogP contribution in [0.15, 0.2) is 66.7 Å². The summed E-state index contributed by atoms with van der Waals surface area (Å²) in [5.74, 6) is 0.850. The zero-order valence-corrected chi connectivity index (χ0v) is 17.6. The standard InChI is InChI=1S/C25H32O5/c1-27-23-14-12-21(13-15-23)17-29-19-25-24(30-25)11-7-3-6-10-22(26)18-28-16-20-8-4-2-5-9-20/h2-5,7-9,12-15,22,24-26H,6,10-11,16-19H2,1H3/b7-3-/t22-,24-,25+/m1/s1. The molecule has 1 heterocycles. The van der Waals surface area contributed by atoms with E-state index in [1.165, 1.54) is 0 Å². The van der Waals surface area contributed by atoms with Gasteiger partial charge in [0, 0.05) is 0 Å². The maximum absolute atomic E-state index is 10.0. The van der Waals surface area contributed by atoms with Crippen molar-refractivity contribution >= 4 is 0 Å². The summed E-state index contributed by atoms with van der Waals surface area (Å²) in [6, 6.07) is 17.9. The molecule has 0 aliphatic carbocycles. The smallest absolute Gasteiger partial charge is 0.118 e. The van der Waals surface area contributed by atoms with E-state index in [9.17, 15) is 5.11 Å². The summed E-state index contributed by atoms with van der Waals surface area (Å²) in [6.45, 7) is 2.09. The molecule has 1 fully saturated rings. The lowest BCUT2D eigenvalue weighted by atomic mass is 10.1. The molecule has 3 atom stereocenters. The van der Waals surface area contributed by atoms with Crippen LogP contribution in [0.5, 0.6) is 5.75 Å². The molecule has 0 aromatic heterocycles. The van der Waals surface area contributed by atoms with E-state index in [1.807, 2.05) is 54.6 Å². The number of aliphatic hydroxyl groups excluding tert-OH is 1. The Morgan fingerprint density at radius 2 is 1.67 bits per heavy atom. The third kappa shape index (κ3) is 8.28. The van der Waals surface area contributed by atoms with Crippen LogP contribution in [0.4, 0.5) is 0 Å². The van der Waals surface area contributed by atoms with E-state index in [2.05, 4.69) is 12.2 Å².